The lowest BCUT2D eigenvalue weighted by Gasteiger charge is -2.39. The average molecular weight is 1360 g/mol. The minimum atomic E-state index is -1.71. The van der Waals surface area contributed by atoms with Gasteiger partial charge in [-0.2, -0.15) is 0 Å². The zero-order valence-corrected chi connectivity index (χ0v) is 61.4. The van der Waals surface area contributed by atoms with Crippen molar-refractivity contribution in [1.82, 2.24) is 60.0 Å². The molecule has 2 aliphatic rings. The lowest BCUT2D eigenvalue weighted by atomic mass is 9.97. The van der Waals surface area contributed by atoms with Gasteiger partial charge >= 0.3 is 0 Å². The van der Waals surface area contributed by atoms with Crippen LogP contribution in [0.3, 0.4) is 0 Å². The molecule has 2 saturated heterocycles. The van der Waals surface area contributed by atoms with Crippen molar-refractivity contribution >= 4 is 70.9 Å². The third-order valence-electron chi connectivity index (χ3n) is 19.0. The number of benzene rings is 2. The number of amides is 12. The second kappa shape index (κ2) is 37.1. The third-order valence-corrected chi connectivity index (χ3v) is 19.0. The van der Waals surface area contributed by atoms with E-state index in [2.05, 4.69) is 16.0 Å². The molecule has 2 aromatic carbocycles. The number of hydrogen-bond acceptors (Lipinski definition) is 13. The molecule has 0 aromatic heterocycles. The zero-order valence-electron chi connectivity index (χ0n) is 61.4. The number of carbonyl (C=O) groups excluding carboxylic acids is 12. The summed E-state index contributed by atoms with van der Waals surface area (Å²) in [6, 6.07) is 3.16. The van der Waals surface area contributed by atoms with Crippen molar-refractivity contribution in [2.24, 2.45) is 23.7 Å². The van der Waals surface area contributed by atoms with Gasteiger partial charge in [0.15, 0.2) is 0 Å². The van der Waals surface area contributed by atoms with E-state index in [1.54, 1.807) is 65.6 Å². The molecule has 0 radical (unpaired) electrons. The molecule has 0 saturated carbocycles. The standard InChI is InChI=1S/C72H114N12O13/c1-43(2)36-54-62(87)73-47(9)65(90)81(18)57(38-45(5)6)70(95)83(20)59(41-52-32-26-22-27-33-52)71(96)80(17)56(40-51-30-24-21-25-31-51)64(89)75-61(50(12)85)72(97)77(14)49(11)67(92)78(15)55(37-44(3)4)63(88)74-53(68(93)84-34-28-23-29-35-84)42-60(86)76(13)48(10)66(91)82(19)58(39-46(7)8)69(94)79(54)16/h21-22,24-27,30-33,43-50,53-59,61,85H,23,28-29,34-42H2,1-20H3,(H,73,87)(H,74,88)(H,75,89)/t47-,48+,49-,50+,53-,54-,55-,56-,57-,58-,59-,61-/m0/s1. The molecule has 25 nitrogen and oxygen atoms in total. The fourth-order valence-corrected chi connectivity index (χ4v) is 12.6. The maximum absolute atomic E-state index is 15.6. The predicted octanol–water partition coefficient (Wildman–Crippen LogP) is 3.58. The number of likely N-dealkylation sites (N-methyl/N-ethyl adjacent to an activating group) is 8. The highest BCUT2D eigenvalue weighted by Gasteiger charge is 2.45. The minimum absolute atomic E-state index is 0.0530. The number of aliphatic hydroxyl groups is 1. The molecular formula is C72H114N12O13. The number of hydrogen-bond donors (Lipinski definition) is 4. The molecule has 12 atom stereocenters. The Bertz CT molecular complexity index is 3030. The van der Waals surface area contributed by atoms with Crippen molar-refractivity contribution in [3.63, 3.8) is 0 Å². The maximum atomic E-state index is 15.6. The number of carbonyl (C=O) groups is 12. The van der Waals surface area contributed by atoms with Gasteiger partial charge in [0.05, 0.1) is 12.5 Å². The van der Waals surface area contributed by atoms with Gasteiger partial charge in [-0.05, 0) is 107 Å². The van der Waals surface area contributed by atoms with E-state index in [1.165, 1.54) is 109 Å². The van der Waals surface area contributed by atoms with Gasteiger partial charge in [0.1, 0.15) is 66.5 Å². The zero-order chi connectivity index (χ0) is 73.2. The first-order valence-corrected chi connectivity index (χ1v) is 34.4. The van der Waals surface area contributed by atoms with Gasteiger partial charge in [-0.15, -0.1) is 0 Å². The molecule has 97 heavy (non-hydrogen) atoms. The van der Waals surface area contributed by atoms with Crippen LogP contribution in [-0.2, 0) is 70.4 Å². The Morgan fingerprint density at radius 2 is 0.763 bits per heavy atom. The lowest BCUT2D eigenvalue weighted by molar-refractivity contribution is -0.154. The van der Waals surface area contributed by atoms with Gasteiger partial charge < -0.3 is 65.2 Å². The summed E-state index contributed by atoms with van der Waals surface area (Å²) in [6.07, 6.45) is 0.345. The summed E-state index contributed by atoms with van der Waals surface area (Å²) >= 11 is 0. The van der Waals surface area contributed by atoms with Crippen molar-refractivity contribution in [1.29, 1.82) is 0 Å². The molecule has 25 heteroatoms. The van der Waals surface area contributed by atoms with Crippen LogP contribution in [0.2, 0.25) is 0 Å². The Kier molecular flexibility index (Phi) is 31.2. The fourth-order valence-electron chi connectivity index (χ4n) is 12.6. The molecule has 0 bridgehead atoms. The van der Waals surface area contributed by atoms with E-state index in [9.17, 15) is 43.5 Å². The minimum Gasteiger partial charge on any atom is -0.391 e. The predicted molar refractivity (Wildman–Crippen MR) is 370 cm³/mol. The van der Waals surface area contributed by atoms with Crippen molar-refractivity contribution < 1.29 is 62.6 Å². The van der Waals surface area contributed by atoms with Crippen LogP contribution in [0.1, 0.15) is 146 Å². The maximum Gasteiger partial charge on any atom is 0.248 e. The highest BCUT2D eigenvalue weighted by molar-refractivity contribution is 6.00. The van der Waals surface area contributed by atoms with Gasteiger partial charge in [-0.1, -0.05) is 116 Å². The summed E-state index contributed by atoms with van der Waals surface area (Å²) < 4.78 is 0. The van der Waals surface area contributed by atoms with Crippen LogP contribution in [-0.4, -0.2) is 262 Å². The molecule has 4 N–H and O–H groups in total. The summed E-state index contributed by atoms with van der Waals surface area (Å²) in [6.45, 7) is 21.3. The summed E-state index contributed by atoms with van der Waals surface area (Å²) in [7, 11) is 11.3. The number of nitrogens with zero attached hydrogens (tertiary/aromatic N) is 9. The Labute approximate surface area is 576 Å². The molecule has 2 aliphatic heterocycles. The highest BCUT2D eigenvalue weighted by atomic mass is 16.3. The van der Waals surface area contributed by atoms with Crippen molar-refractivity contribution in [3.8, 4) is 0 Å². The van der Waals surface area contributed by atoms with E-state index in [0.717, 1.165) is 21.1 Å². The van der Waals surface area contributed by atoms with E-state index < -0.39 is 150 Å². The second-order valence-electron chi connectivity index (χ2n) is 28.6. The van der Waals surface area contributed by atoms with Crippen LogP contribution in [0, 0.1) is 23.7 Å². The van der Waals surface area contributed by atoms with Crippen LogP contribution < -0.4 is 16.0 Å². The normalized spacial score (nSPS) is 26.3. The van der Waals surface area contributed by atoms with Crippen molar-refractivity contribution in [2.75, 3.05) is 69.5 Å². The lowest BCUT2D eigenvalue weighted by Crippen LogP contribution is -2.62. The molecule has 2 fully saturated rings. The number of rotatable bonds is 14. The van der Waals surface area contributed by atoms with Gasteiger partial charge in [0, 0.05) is 82.3 Å². The van der Waals surface area contributed by atoms with Crippen LogP contribution in [0.25, 0.3) is 0 Å². The summed E-state index contributed by atoms with van der Waals surface area (Å²) in [5.74, 6) is -9.15. The molecular weight excluding hydrogens is 1240 g/mol. The first-order chi connectivity index (χ1) is 45.3. The fraction of sp³-hybridized carbons (Fsp3) is 0.667. The number of likely N-dealkylation sites (tertiary alicyclic amines) is 1. The molecule has 2 aromatic rings. The Morgan fingerprint density at radius 3 is 1.21 bits per heavy atom. The van der Waals surface area contributed by atoms with E-state index in [1.807, 2.05) is 55.4 Å². The average Bonchev–Trinajstić information content (AvgIpc) is 0.827. The topological polar surface area (TPSA) is 290 Å². The first kappa shape index (κ1) is 81.5. The highest BCUT2D eigenvalue weighted by Crippen LogP contribution is 2.25. The largest absolute Gasteiger partial charge is 0.391 e. The molecule has 0 unspecified atom stereocenters. The summed E-state index contributed by atoms with van der Waals surface area (Å²) in [5.41, 5.74) is 1.27. The van der Waals surface area contributed by atoms with Crippen LogP contribution in [0.4, 0.5) is 0 Å². The van der Waals surface area contributed by atoms with Gasteiger partial charge in [-0.3, -0.25) is 57.5 Å². The van der Waals surface area contributed by atoms with Crippen LogP contribution in [0.5, 0.6) is 0 Å². The van der Waals surface area contributed by atoms with E-state index in [-0.39, 0.29) is 62.2 Å². The molecule has 0 spiro atoms. The Morgan fingerprint density at radius 1 is 0.412 bits per heavy atom. The van der Waals surface area contributed by atoms with Crippen molar-refractivity contribution in [2.45, 2.75) is 220 Å². The Balaban J connectivity index is 1.96. The molecule has 0 aliphatic carbocycles. The van der Waals surface area contributed by atoms with Gasteiger partial charge in [0.25, 0.3) is 0 Å². The van der Waals surface area contributed by atoms with Crippen molar-refractivity contribution in [3.05, 3.63) is 71.8 Å². The summed E-state index contributed by atoms with van der Waals surface area (Å²) in [4.78, 5) is 190. The van der Waals surface area contributed by atoms with Gasteiger partial charge in [0.2, 0.25) is 70.9 Å². The monoisotopic (exact) mass is 1350 g/mol. The number of aliphatic hydroxyl groups excluding tert-OH is 1. The van der Waals surface area contributed by atoms with Crippen LogP contribution >= 0.6 is 0 Å². The second-order valence-corrected chi connectivity index (χ2v) is 28.6. The van der Waals surface area contributed by atoms with Gasteiger partial charge in [-0.25, -0.2) is 0 Å². The SMILES string of the molecule is CC(C)C[C@H]1C(=O)N(C)[C@@H](Cc2ccccc2)C(=O)N(C)[C@@H](Cc2ccccc2)C(=O)N[C@@H]([C@@H](C)O)C(=O)N(C)[C@@H](C)C(=O)N(C)[C@@H](CC(C)C)C(=O)N[C@H](C(=O)N2CCCCC2)CC(=O)N(C)[C@H](C)C(=O)N(C)[C@@H](CC(C)C)C(=O)N(C)[C@@H](CC(C)C)C(=O)N[C@@H](C)C(=O)N1C. The first-order valence-electron chi connectivity index (χ1n) is 34.4. The number of nitrogens with one attached hydrogen (secondary N) is 3. The van der Waals surface area contributed by atoms with Crippen LogP contribution in [0.15, 0.2) is 60.7 Å². The van der Waals surface area contributed by atoms with E-state index in [0.29, 0.717) is 37.1 Å². The third kappa shape index (κ3) is 22.0. The quantitative estimate of drug-likeness (QED) is 0.211. The van der Waals surface area contributed by atoms with E-state index >= 15 is 19.2 Å². The molecule has 2 heterocycles. The molecule has 4 rings (SSSR count). The smallest absolute Gasteiger partial charge is 0.248 e. The molecule has 12 amide bonds. The Hall–Kier alpha value is -7.96. The van der Waals surface area contributed by atoms with E-state index in [4.69, 9.17) is 0 Å². The number of piperidine rings is 1. The molecule has 540 valence electrons. The summed E-state index contributed by atoms with van der Waals surface area (Å²) in [5, 5.41) is 19.7.